The fraction of sp³-hybridized carbons (Fsp3) is 0.167. The van der Waals surface area contributed by atoms with Gasteiger partial charge in [0.2, 0.25) is 0 Å². The van der Waals surface area contributed by atoms with E-state index < -0.39 is 0 Å². The van der Waals surface area contributed by atoms with E-state index in [0.717, 1.165) is 11.5 Å². The molecule has 1 aromatic carbocycles. The summed E-state index contributed by atoms with van der Waals surface area (Å²) in [5, 5.41) is 13.9. The summed E-state index contributed by atoms with van der Waals surface area (Å²) in [7, 11) is 0. The summed E-state index contributed by atoms with van der Waals surface area (Å²) >= 11 is 0. The van der Waals surface area contributed by atoms with E-state index in [1.807, 2.05) is 6.92 Å². The van der Waals surface area contributed by atoms with Crippen LogP contribution < -0.4 is 5.32 Å². The van der Waals surface area contributed by atoms with Gasteiger partial charge in [0.15, 0.2) is 0 Å². The van der Waals surface area contributed by atoms with E-state index in [0.29, 0.717) is 17.9 Å². The highest BCUT2D eigenvalue weighted by Gasteiger charge is 2.06. The standard InChI is InChI=1S/C12H12FN7/c1-8-14-5-9(17-8)6-15-12-4-10(2-3-11(12)13)20-7-16-18-19-20/h2-5,7,15H,6H2,1H3,(H,14,17). The number of rotatable bonds is 4. The second kappa shape index (κ2) is 5.08. The first-order valence-corrected chi connectivity index (χ1v) is 5.99. The number of nitrogens with one attached hydrogen (secondary N) is 2. The van der Waals surface area contributed by atoms with Gasteiger partial charge in [0.05, 0.1) is 29.8 Å². The second-order valence-electron chi connectivity index (χ2n) is 4.27. The molecule has 2 heterocycles. The van der Waals surface area contributed by atoms with Gasteiger partial charge in [-0.1, -0.05) is 0 Å². The van der Waals surface area contributed by atoms with Crippen LogP contribution in [-0.2, 0) is 6.54 Å². The van der Waals surface area contributed by atoms with Crippen LogP contribution in [0.25, 0.3) is 5.69 Å². The van der Waals surface area contributed by atoms with E-state index in [4.69, 9.17) is 0 Å². The maximum absolute atomic E-state index is 13.8. The number of aromatic amines is 1. The number of hydrogen-bond acceptors (Lipinski definition) is 5. The molecule has 0 unspecified atom stereocenters. The van der Waals surface area contributed by atoms with E-state index in [-0.39, 0.29) is 5.82 Å². The average molecular weight is 273 g/mol. The predicted octanol–water partition coefficient (Wildman–Crippen LogP) is 1.45. The van der Waals surface area contributed by atoms with Crippen molar-refractivity contribution in [3.8, 4) is 5.69 Å². The SMILES string of the molecule is Cc1ncc(CNc2cc(-n3cnnn3)ccc2F)[nH]1. The van der Waals surface area contributed by atoms with Crippen molar-refractivity contribution in [2.75, 3.05) is 5.32 Å². The summed E-state index contributed by atoms with van der Waals surface area (Å²) in [6, 6.07) is 4.63. The minimum absolute atomic E-state index is 0.335. The Bertz CT molecular complexity index is 704. The van der Waals surface area contributed by atoms with Gasteiger partial charge in [0, 0.05) is 0 Å². The zero-order valence-corrected chi connectivity index (χ0v) is 10.7. The first-order chi connectivity index (χ1) is 9.72. The number of benzene rings is 1. The van der Waals surface area contributed by atoms with Crippen molar-refractivity contribution in [3.05, 3.63) is 48.1 Å². The van der Waals surface area contributed by atoms with Crippen molar-refractivity contribution in [2.45, 2.75) is 13.5 Å². The number of tetrazole rings is 1. The van der Waals surface area contributed by atoms with Gasteiger partial charge >= 0.3 is 0 Å². The summed E-state index contributed by atoms with van der Waals surface area (Å²) in [4.78, 5) is 7.16. The number of halogens is 1. The molecule has 20 heavy (non-hydrogen) atoms. The Labute approximate surface area is 113 Å². The molecule has 102 valence electrons. The number of nitrogens with zero attached hydrogens (tertiary/aromatic N) is 5. The molecule has 3 aromatic rings. The van der Waals surface area contributed by atoms with Crippen LogP contribution in [0.4, 0.5) is 10.1 Å². The molecule has 2 N–H and O–H groups in total. The van der Waals surface area contributed by atoms with Gasteiger partial charge < -0.3 is 10.3 Å². The quantitative estimate of drug-likeness (QED) is 0.751. The van der Waals surface area contributed by atoms with Crippen LogP contribution in [0.1, 0.15) is 11.5 Å². The molecule has 0 bridgehead atoms. The molecule has 0 fully saturated rings. The first kappa shape index (κ1) is 12.3. The Kier molecular flexibility index (Phi) is 3.12. The highest BCUT2D eigenvalue weighted by molar-refractivity contribution is 5.52. The molecule has 0 amide bonds. The van der Waals surface area contributed by atoms with Crippen LogP contribution in [-0.4, -0.2) is 30.2 Å². The third-order valence-electron chi connectivity index (χ3n) is 2.79. The molecule has 0 atom stereocenters. The molecule has 2 aromatic heterocycles. The van der Waals surface area contributed by atoms with Gasteiger partial charge in [-0.2, -0.15) is 0 Å². The Morgan fingerprint density at radius 1 is 1.40 bits per heavy atom. The van der Waals surface area contributed by atoms with Crippen molar-refractivity contribution in [1.29, 1.82) is 0 Å². The molecule has 0 aliphatic rings. The zero-order valence-electron chi connectivity index (χ0n) is 10.7. The third kappa shape index (κ3) is 2.48. The van der Waals surface area contributed by atoms with Crippen molar-refractivity contribution < 1.29 is 4.39 Å². The molecule has 0 spiro atoms. The van der Waals surface area contributed by atoms with Gasteiger partial charge in [-0.25, -0.2) is 14.1 Å². The van der Waals surface area contributed by atoms with Crippen LogP contribution in [0, 0.1) is 12.7 Å². The van der Waals surface area contributed by atoms with Crippen LogP contribution in [0.2, 0.25) is 0 Å². The topological polar surface area (TPSA) is 84.3 Å². The van der Waals surface area contributed by atoms with Crippen molar-refractivity contribution in [1.82, 2.24) is 30.2 Å². The number of anilines is 1. The fourth-order valence-electron chi connectivity index (χ4n) is 1.82. The monoisotopic (exact) mass is 273 g/mol. The zero-order chi connectivity index (χ0) is 13.9. The molecular formula is C12H12FN7. The summed E-state index contributed by atoms with van der Waals surface area (Å²) in [5.41, 5.74) is 1.94. The number of hydrogen-bond donors (Lipinski definition) is 2. The number of aromatic nitrogens is 6. The van der Waals surface area contributed by atoms with Crippen LogP contribution in [0.3, 0.4) is 0 Å². The minimum atomic E-state index is -0.335. The van der Waals surface area contributed by atoms with Gasteiger partial charge in [0.1, 0.15) is 18.0 Å². The molecule has 3 rings (SSSR count). The lowest BCUT2D eigenvalue weighted by Gasteiger charge is -2.08. The van der Waals surface area contributed by atoms with Gasteiger partial charge in [-0.15, -0.1) is 5.10 Å². The Balaban J connectivity index is 1.80. The summed E-state index contributed by atoms with van der Waals surface area (Å²) in [5.74, 6) is 0.489. The van der Waals surface area contributed by atoms with E-state index in [1.165, 1.54) is 17.1 Å². The Morgan fingerprint density at radius 3 is 3.00 bits per heavy atom. The normalized spacial score (nSPS) is 10.7. The number of imidazole rings is 1. The smallest absolute Gasteiger partial charge is 0.146 e. The van der Waals surface area contributed by atoms with Crippen LogP contribution >= 0.6 is 0 Å². The third-order valence-corrected chi connectivity index (χ3v) is 2.79. The fourth-order valence-corrected chi connectivity index (χ4v) is 1.82. The van der Waals surface area contributed by atoms with E-state index >= 15 is 0 Å². The van der Waals surface area contributed by atoms with E-state index in [9.17, 15) is 4.39 Å². The maximum Gasteiger partial charge on any atom is 0.146 e. The average Bonchev–Trinajstić information content (AvgIpc) is 3.09. The molecule has 0 saturated carbocycles. The van der Waals surface area contributed by atoms with Crippen molar-refractivity contribution >= 4 is 5.69 Å². The summed E-state index contributed by atoms with van der Waals surface area (Å²) in [6.45, 7) is 2.32. The predicted molar refractivity (Wildman–Crippen MR) is 69.8 cm³/mol. The van der Waals surface area contributed by atoms with E-state index in [2.05, 4.69) is 30.8 Å². The molecule has 8 heteroatoms. The van der Waals surface area contributed by atoms with Crippen molar-refractivity contribution in [3.63, 3.8) is 0 Å². The second-order valence-corrected chi connectivity index (χ2v) is 4.27. The summed E-state index contributed by atoms with van der Waals surface area (Å²) < 4.78 is 15.2. The van der Waals surface area contributed by atoms with Crippen molar-refractivity contribution in [2.24, 2.45) is 0 Å². The lowest BCUT2D eigenvalue weighted by atomic mass is 10.2. The first-order valence-electron chi connectivity index (χ1n) is 5.99. The van der Waals surface area contributed by atoms with Gasteiger partial charge in [-0.05, 0) is 35.5 Å². The highest BCUT2D eigenvalue weighted by Crippen LogP contribution is 2.18. The molecular weight excluding hydrogens is 261 g/mol. The summed E-state index contributed by atoms with van der Waals surface area (Å²) in [6.07, 6.45) is 3.17. The van der Waals surface area contributed by atoms with Crippen LogP contribution in [0.5, 0.6) is 0 Å². The lowest BCUT2D eigenvalue weighted by molar-refractivity contribution is 0.629. The van der Waals surface area contributed by atoms with Gasteiger partial charge in [0.25, 0.3) is 0 Å². The minimum Gasteiger partial charge on any atom is -0.377 e. The maximum atomic E-state index is 13.8. The Hall–Kier alpha value is -2.77. The number of aryl methyl sites for hydroxylation is 1. The Morgan fingerprint density at radius 2 is 2.30 bits per heavy atom. The van der Waals surface area contributed by atoms with Gasteiger partial charge in [-0.3, -0.25) is 0 Å². The molecule has 0 aliphatic heterocycles. The van der Waals surface area contributed by atoms with Crippen LogP contribution in [0.15, 0.2) is 30.7 Å². The largest absolute Gasteiger partial charge is 0.377 e. The lowest BCUT2D eigenvalue weighted by Crippen LogP contribution is -2.04. The molecule has 7 nitrogen and oxygen atoms in total. The molecule has 0 saturated heterocycles. The number of H-pyrrole nitrogens is 1. The molecule has 0 radical (unpaired) electrons. The highest BCUT2D eigenvalue weighted by atomic mass is 19.1. The van der Waals surface area contributed by atoms with E-state index in [1.54, 1.807) is 18.3 Å². The molecule has 0 aliphatic carbocycles.